The number of carbonyl (C=O) groups excluding carboxylic acids is 2. The summed E-state index contributed by atoms with van der Waals surface area (Å²) >= 11 is 0. The van der Waals surface area contributed by atoms with Gasteiger partial charge in [0.2, 0.25) is 5.91 Å². The molecule has 1 aliphatic heterocycles. The van der Waals surface area contributed by atoms with Crippen molar-refractivity contribution in [2.45, 2.75) is 44.6 Å². The number of carboxylic acid groups (broad SMARTS) is 1. The molecule has 1 saturated carbocycles. The Balaban J connectivity index is 1.51. The molecule has 184 valence electrons. The van der Waals surface area contributed by atoms with E-state index in [1.807, 2.05) is 0 Å². The first kappa shape index (κ1) is 24.3. The third-order valence-electron chi connectivity index (χ3n) is 6.27. The largest absolute Gasteiger partial charge is 0.478 e. The van der Waals surface area contributed by atoms with Crippen molar-refractivity contribution in [1.29, 1.82) is 0 Å². The number of anilines is 1. The van der Waals surface area contributed by atoms with E-state index < -0.39 is 41.2 Å². The number of amides is 2. The van der Waals surface area contributed by atoms with Crippen LogP contribution in [0.1, 0.15) is 48.9 Å². The number of rotatable bonds is 8. The summed E-state index contributed by atoms with van der Waals surface area (Å²) in [5.74, 6) is -4.10. The second-order valence-corrected chi connectivity index (χ2v) is 8.71. The van der Waals surface area contributed by atoms with Gasteiger partial charge in [0.1, 0.15) is 17.6 Å². The molecule has 2 amide bonds. The number of hydrogen-bond acceptors (Lipinski definition) is 5. The van der Waals surface area contributed by atoms with Crippen molar-refractivity contribution in [2.75, 3.05) is 11.9 Å². The molecule has 2 aromatic rings. The molecule has 0 spiro atoms. The lowest BCUT2D eigenvalue weighted by Crippen LogP contribution is -2.46. The number of aromatic carboxylic acids is 1. The fourth-order valence-electron chi connectivity index (χ4n) is 4.47. The number of hydrogen-bond donors (Lipinski definition) is 2. The van der Waals surface area contributed by atoms with Crippen molar-refractivity contribution < 1.29 is 33.0 Å². The maximum atomic E-state index is 14.0. The van der Waals surface area contributed by atoms with Gasteiger partial charge in [-0.3, -0.25) is 9.59 Å². The molecule has 2 N–H and O–H groups in total. The van der Waals surface area contributed by atoms with Gasteiger partial charge in [0, 0.05) is 12.3 Å². The number of ether oxygens (including phenoxy) is 1. The molecule has 4 rings (SSSR count). The van der Waals surface area contributed by atoms with Crippen LogP contribution in [0.25, 0.3) is 0 Å². The van der Waals surface area contributed by atoms with Crippen LogP contribution in [0, 0.1) is 17.6 Å². The SMILES string of the molecule is O=C(O)c1ccc(NC(=O)[C@H](CC2CCCCC2)N2CC(Oc3c(F)cccc3F)=CC2=O)nc1. The first-order chi connectivity index (χ1) is 16.8. The number of nitrogens with one attached hydrogen (secondary N) is 1. The van der Waals surface area contributed by atoms with Gasteiger partial charge in [-0.15, -0.1) is 0 Å². The Hall–Kier alpha value is -3.82. The van der Waals surface area contributed by atoms with Gasteiger partial charge in [-0.25, -0.2) is 18.6 Å². The predicted molar refractivity (Wildman–Crippen MR) is 122 cm³/mol. The minimum absolute atomic E-state index is 0.0251. The Morgan fingerprint density at radius 3 is 2.49 bits per heavy atom. The maximum Gasteiger partial charge on any atom is 0.337 e. The Morgan fingerprint density at radius 2 is 1.86 bits per heavy atom. The number of pyridine rings is 1. The molecule has 1 aliphatic carbocycles. The van der Waals surface area contributed by atoms with Crippen LogP contribution in [-0.2, 0) is 9.59 Å². The number of halogens is 2. The lowest BCUT2D eigenvalue weighted by Gasteiger charge is -2.31. The molecular formula is C25H25F2N3O5. The minimum Gasteiger partial charge on any atom is -0.478 e. The molecule has 1 fully saturated rings. The van der Waals surface area contributed by atoms with E-state index in [9.17, 15) is 23.2 Å². The highest BCUT2D eigenvalue weighted by molar-refractivity contribution is 6.00. The third-order valence-corrected chi connectivity index (χ3v) is 6.27. The summed E-state index contributed by atoms with van der Waals surface area (Å²) in [7, 11) is 0. The first-order valence-electron chi connectivity index (χ1n) is 11.4. The van der Waals surface area contributed by atoms with Gasteiger partial charge in [0.25, 0.3) is 5.91 Å². The summed E-state index contributed by atoms with van der Waals surface area (Å²) in [5, 5.41) is 11.7. The average molecular weight is 485 g/mol. The number of carboxylic acids is 1. The molecule has 1 atom stereocenters. The van der Waals surface area contributed by atoms with Gasteiger partial charge in [-0.1, -0.05) is 38.2 Å². The van der Waals surface area contributed by atoms with Crippen LogP contribution in [0.5, 0.6) is 5.75 Å². The van der Waals surface area contributed by atoms with Crippen LogP contribution < -0.4 is 10.1 Å². The fourth-order valence-corrected chi connectivity index (χ4v) is 4.47. The number of nitrogens with zero attached hydrogens (tertiary/aromatic N) is 2. The van der Waals surface area contributed by atoms with Crippen LogP contribution in [0.4, 0.5) is 14.6 Å². The zero-order valence-corrected chi connectivity index (χ0v) is 18.9. The summed E-state index contributed by atoms with van der Waals surface area (Å²) in [6, 6.07) is 5.14. The number of para-hydroxylation sites is 1. The van der Waals surface area contributed by atoms with Crippen molar-refractivity contribution in [3.05, 3.63) is 65.6 Å². The second kappa shape index (κ2) is 10.6. The van der Waals surface area contributed by atoms with Gasteiger partial charge in [0.05, 0.1) is 12.1 Å². The molecular weight excluding hydrogens is 460 g/mol. The molecule has 2 heterocycles. The van der Waals surface area contributed by atoms with Crippen molar-refractivity contribution >= 4 is 23.6 Å². The van der Waals surface area contributed by atoms with Crippen LogP contribution in [-0.4, -0.2) is 45.4 Å². The topological polar surface area (TPSA) is 109 Å². The summed E-state index contributed by atoms with van der Waals surface area (Å²) in [5.41, 5.74) is -0.0251. The molecule has 35 heavy (non-hydrogen) atoms. The molecule has 0 unspecified atom stereocenters. The zero-order chi connectivity index (χ0) is 24.9. The van der Waals surface area contributed by atoms with E-state index in [4.69, 9.17) is 9.84 Å². The Bertz CT molecular complexity index is 1130. The fraction of sp³-hybridized carbons (Fsp3) is 0.360. The van der Waals surface area contributed by atoms with Gasteiger partial charge < -0.3 is 20.1 Å². The van der Waals surface area contributed by atoms with Gasteiger partial charge in [-0.2, -0.15) is 0 Å². The first-order valence-corrected chi connectivity index (χ1v) is 11.4. The van der Waals surface area contributed by atoms with Gasteiger partial charge in [-0.05, 0) is 36.6 Å². The van der Waals surface area contributed by atoms with Crippen LogP contribution in [0.3, 0.4) is 0 Å². The van der Waals surface area contributed by atoms with Crippen molar-refractivity contribution in [3.63, 3.8) is 0 Å². The molecule has 8 nitrogen and oxygen atoms in total. The Labute approximate surface area is 200 Å². The molecule has 2 aliphatic rings. The lowest BCUT2D eigenvalue weighted by atomic mass is 9.84. The highest BCUT2D eigenvalue weighted by atomic mass is 19.1. The average Bonchev–Trinajstić information content (AvgIpc) is 3.20. The van der Waals surface area contributed by atoms with Crippen LogP contribution in [0.2, 0.25) is 0 Å². The Morgan fingerprint density at radius 1 is 1.14 bits per heavy atom. The van der Waals surface area contributed by atoms with Crippen LogP contribution in [0.15, 0.2) is 48.4 Å². The highest BCUT2D eigenvalue weighted by Gasteiger charge is 2.36. The van der Waals surface area contributed by atoms with E-state index in [-0.39, 0.29) is 29.6 Å². The molecule has 1 aromatic heterocycles. The Kier molecular flexibility index (Phi) is 7.38. The lowest BCUT2D eigenvalue weighted by molar-refractivity contribution is -0.134. The maximum absolute atomic E-state index is 14.0. The quantitative estimate of drug-likeness (QED) is 0.582. The van der Waals surface area contributed by atoms with E-state index in [0.717, 1.165) is 56.5 Å². The van der Waals surface area contributed by atoms with Crippen molar-refractivity contribution in [3.8, 4) is 5.75 Å². The predicted octanol–water partition coefficient (Wildman–Crippen LogP) is 4.14. The molecule has 1 aromatic carbocycles. The summed E-state index contributed by atoms with van der Waals surface area (Å²) in [4.78, 5) is 42.4. The van der Waals surface area contributed by atoms with Gasteiger partial charge >= 0.3 is 5.97 Å². The third kappa shape index (κ3) is 5.82. The highest BCUT2D eigenvalue weighted by Crippen LogP contribution is 2.31. The standard InChI is InChI=1S/C25H25F2N3O5/c26-18-7-4-8-19(27)23(18)35-17-12-22(31)30(14-17)20(11-15-5-2-1-3-6-15)24(32)29-21-10-9-16(13-28-21)25(33)34/h4,7-10,12-13,15,20H,1-3,5-6,11,14H2,(H,33,34)(H,28,29,32)/t20-/m0/s1. The normalized spacial score (nSPS) is 17.1. The van der Waals surface area contributed by atoms with E-state index in [1.165, 1.54) is 23.1 Å². The van der Waals surface area contributed by atoms with E-state index in [2.05, 4.69) is 10.3 Å². The number of carbonyl (C=O) groups is 3. The van der Waals surface area contributed by atoms with E-state index >= 15 is 0 Å². The number of benzene rings is 1. The van der Waals surface area contributed by atoms with Crippen LogP contribution >= 0.6 is 0 Å². The molecule has 10 heteroatoms. The van der Waals surface area contributed by atoms with Crippen molar-refractivity contribution in [2.24, 2.45) is 5.92 Å². The second-order valence-electron chi connectivity index (χ2n) is 8.71. The minimum atomic E-state index is -1.14. The molecule has 0 saturated heterocycles. The summed E-state index contributed by atoms with van der Waals surface area (Å²) < 4.78 is 33.4. The summed E-state index contributed by atoms with van der Waals surface area (Å²) in [6.07, 6.45) is 7.78. The smallest absolute Gasteiger partial charge is 0.337 e. The molecule has 0 radical (unpaired) electrons. The summed E-state index contributed by atoms with van der Waals surface area (Å²) in [6.45, 7) is -0.122. The monoisotopic (exact) mass is 485 g/mol. The van der Waals surface area contributed by atoms with Gasteiger partial charge in [0.15, 0.2) is 17.4 Å². The number of aromatic nitrogens is 1. The van der Waals surface area contributed by atoms with E-state index in [0.29, 0.717) is 6.42 Å². The molecule has 0 bridgehead atoms. The van der Waals surface area contributed by atoms with E-state index in [1.54, 1.807) is 0 Å². The zero-order valence-electron chi connectivity index (χ0n) is 18.9. The van der Waals surface area contributed by atoms with Crippen molar-refractivity contribution in [1.82, 2.24) is 9.88 Å².